The van der Waals surface area contributed by atoms with E-state index in [4.69, 9.17) is 5.11 Å². The van der Waals surface area contributed by atoms with E-state index in [1.54, 1.807) is 6.07 Å². The highest BCUT2D eigenvalue weighted by atomic mass is 19.1. The van der Waals surface area contributed by atoms with Crippen molar-refractivity contribution in [2.75, 3.05) is 6.61 Å². The zero-order valence-electron chi connectivity index (χ0n) is 7.63. The molecule has 0 aliphatic rings. The van der Waals surface area contributed by atoms with Crippen LogP contribution < -0.4 is 0 Å². The molecule has 0 radical (unpaired) electrons. The minimum Gasteiger partial charge on any atom is -0.396 e. The maximum atomic E-state index is 12.8. The van der Waals surface area contributed by atoms with E-state index >= 15 is 0 Å². The molecule has 0 aliphatic carbocycles. The van der Waals surface area contributed by atoms with Crippen LogP contribution in [0.5, 0.6) is 0 Å². The van der Waals surface area contributed by atoms with E-state index in [0.717, 1.165) is 11.1 Å². The third kappa shape index (κ3) is 2.99. The smallest absolute Gasteiger partial charge is 0.123 e. The summed E-state index contributed by atoms with van der Waals surface area (Å²) in [6, 6.07) is 4.68. The van der Waals surface area contributed by atoms with Gasteiger partial charge in [0.15, 0.2) is 0 Å². The van der Waals surface area contributed by atoms with Crippen LogP contribution in [0.15, 0.2) is 24.3 Å². The van der Waals surface area contributed by atoms with Gasteiger partial charge in [0, 0.05) is 6.61 Å². The maximum absolute atomic E-state index is 12.8. The molecule has 0 atom stereocenters. The van der Waals surface area contributed by atoms with Gasteiger partial charge < -0.3 is 5.11 Å². The molecule has 0 aromatic heterocycles. The van der Waals surface area contributed by atoms with Gasteiger partial charge in [-0.15, -0.1) is 0 Å². The maximum Gasteiger partial charge on any atom is 0.123 e. The number of benzene rings is 1. The molecular formula is C11H13FO. The third-order valence-electron chi connectivity index (χ3n) is 1.83. The van der Waals surface area contributed by atoms with Crippen molar-refractivity contribution in [1.29, 1.82) is 0 Å². The van der Waals surface area contributed by atoms with Gasteiger partial charge in [0.1, 0.15) is 5.82 Å². The van der Waals surface area contributed by atoms with Crippen molar-refractivity contribution in [2.45, 2.75) is 13.3 Å². The first-order chi connectivity index (χ1) is 6.24. The van der Waals surface area contributed by atoms with Crippen LogP contribution in [0, 0.1) is 12.7 Å². The molecule has 1 aromatic rings. The van der Waals surface area contributed by atoms with E-state index in [9.17, 15) is 4.39 Å². The monoisotopic (exact) mass is 180 g/mol. The Morgan fingerprint density at radius 3 is 2.92 bits per heavy atom. The summed E-state index contributed by atoms with van der Waals surface area (Å²) in [5.74, 6) is -0.228. The standard InChI is InChI=1S/C11H13FO/c1-9-5-6-11(12)8-10(9)4-2-3-7-13/h2,4-6,8,13H,3,7H2,1H3. The van der Waals surface area contributed by atoms with Crippen molar-refractivity contribution >= 4 is 6.08 Å². The van der Waals surface area contributed by atoms with E-state index in [0.29, 0.717) is 6.42 Å². The fourth-order valence-electron chi connectivity index (χ4n) is 1.08. The van der Waals surface area contributed by atoms with Crippen LogP contribution in [-0.4, -0.2) is 11.7 Å². The highest BCUT2D eigenvalue weighted by molar-refractivity contribution is 5.53. The van der Waals surface area contributed by atoms with Gasteiger partial charge in [-0.3, -0.25) is 0 Å². The Bertz CT molecular complexity index is 305. The number of hydrogen-bond donors (Lipinski definition) is 1. The largest absolute Gasteiger partial charge is 0.396 e. The molecular weight excluding hydrogens is 167 g/mol. The molecule has 0 bridgehead atoms. The van der Waals surface area contributed by atoms with Crippen LogP contribution in [0.4, 0.5) is 4.39 Å². The molecule has 0 saturated carbocycles. The van der Waals surface area contributed by atoms with Crippen molar-refractivity contribution in [3.8, 4) is 0 Å². The predicted octanol–water partition coefficient (Wildman–Crippen LogP) is 2.53. The second-order valence-corrected chi connectivity index (χ2v) is 2.92. The van der Waals surface area contributed by atoms with Gasteiger partial charge in [0.25, 0.3) is 0 Å². The molecule has 0 saturated heterocycles. The first kappa shape index (κ1) is 9.93. The molecule has 2 heteroatoms. The zero-order valence-corrected chi connectivity index (χ0v) is 7.63. The number of rotatable bonds is 3. The van der Waals surface area contributed by atoms with Crippen LogP contribution in [0.2, 0.25) is 0 Å². The molecule has 0 heterocycles. The quantitative estimate of drug-likeness (QED) is 0.757. The molecule has 1 N–H and O–H groups in total. The normalized spacial score (nSPS) is 11.0. The van der Waals surface area contributed by atoms with Gasteiger partial charge >= 0.3 is 0 Å². The number of hydrogen-bond acceptors (Lipinski definition) is 1. The number of halogens is 1. The van der Waals surface area contributed by atoms with E-state index < -0.39 is 0 Å². The van der Waals surface area contributed by atoms with Crippen LogP contribution in [0.3, 0.4) is 0 Å². The summed E-state index contributed by atoms with van der Waals surface area (Å²) in [6.45, 7) is 2.06. The van der Waals surface area contributed by atoms with Crippen molar-refractivity contribution < 1.29 is 9.50 Å². The van der Waals surface area contributed by atoms with E-state index in [1.165, 1.54) is 12.1 Å². The van der Waals surface area contributed by atoms with Crippen molar-refractivity contribution in [2.24, 2.45) is 0 Å². The third-order valence-corrected chi connectivity index (χ3v) is 1.83. The summed E-state index contributed by atoms with van der Waals surface area (Å²) in [5.41, 5.74) is 1.91. The summed E-state index contributed by atoms with van der Waals surface area (Å²) in [7, 11) is 0. The lowest BCUT2D eigenvalue weighted by Gasteiger charge is -1.99. The number of aryl methyl sites for hydroxylation is 1. The topological polar surface area (TPSA) is 20.2 Å². The molecule has 0 aliphatic heterocycles. The highest BCUT2D eigenvalue weighted by Gasteiger charge is 1.95. The van der Waals surface area contributed by atoms with Gasteiger partial charge in [-0.25, -0.2) is 4.39 Å². The lowest BCUT2D eigenvalue weighted by atomic mass is 10.1. The van der Waals surface area contributed by atoms with E-state index in [-0.39, 0.29) is 12.4 Å². The summed E-state index contributed by atoms with van der Waals surface area (Å²) in [5, 5.41) is 8.54. The molecule has 0 fully saturated rings. The molecule has 70 valence electrons. The minimum absolute atomic E-state index is 0.130. The molecule has 0 spiro atoms. The van der Waals surface area contributed by atoms with Gasteiger partial charge in [0.2, 0.25) is 0 Å². The lowest BCUT2D eigenvalue weighted by molar-refractivity contribution is 0.303. The summed E-state index contributed by atoms with van der Waals surface area (Å²) >= 11 is 0. The molecule has 1 aromatic carbocycles. The summed E-state index contributed by atoms with van der Waals surface area (Å²) in [4.78, 5) is 0. The molecule has 13 heavy (non-hydrogen) atoms. The fourth-order valence-corrected chi connectivity index (χ4v) is 1.08. The predicted molar refractivity (Wildman–Crippen MR) is 51.9 cm³/mol. The Labute approximate surface area is 77.5 Å². The Morgan fingerprint density at radius 1 is 1.46 bits per heavy atom. The fraction of sp³-hybridized carbons (Fsp3) is 0.273. The Balaban J connectivity index is 2.81. The van der Waals surface area contributed by atoms with Crippen LogP contribution >= 0.6 is 0 Å². The van der Waals surface area contributed by atoms with Crippen molar-refractivity contribution in [1.82, 2.24) is 0 Å². The number of aliphatic hydroxyl groups is 1. The van der Waals surface area contributed by atoms with E-state index in [1.807, 2.05) is 19.1 Å². The second kappa shape index (κ2) is 4.77. The molecule has 0 amide bonds. The molecule has 0 unspecified atom stereocenters. The number of aliphatic hydroxyl groups excluding tert-OH is 1. The summed E-state index contributed by atoms with van der Waals surface area (Å²) < 4.78 is 12.8. The molecule has 1 rings (SSSR count). The first-order valence-corrected chi connectivity index (χ1v) is 4.27. The van der Waals surface area contributed by atoms with Gasteiger partial charge in [-0.05, 0) is 36.6 Å². The van der Waals surface area contributed by atoms with Gasteiger partial charge in [0.05, 0.1) is 0 Å². The van der Waals surface area contributed by atoms with Crippen molar-refractivity contribution in [3.63, 3.8) is 0 Å². The minimum atomic E-state index is -0.228. The lowest BCUT2D eigenvalue weighted by Crippen LogP contribution is -1.83. The average molecular weight is 180 g/mol. The van der Waals surface area contributed by atoms with Crippen LogP contribution in [0.1, 0.15) is 17.5 Å². The van der Waals surface area contributed by atoms with Gasteiger partial charge in [-0.1, -0.05) is 18.2 Å². The zero-order chi connectivity index (χ0) is 9.68. The second-order valence-electron chi connectivity index (χ2n) is 2.92. The molecule has 1 nitrogen and oxygen atoms in total. The highest BCUT2D eigenvalue weighted by Crippen LogP contribution is 2.11. The Hall–Kier alpha value is -1.15. The SMILES string of the molecule is Cc1ccc(F)cc1C=CCCO. The Morgan fingerprint density at radius 2 is 2.23 bits per heavy atom. The van der Waals surface area contributed by atoms with E-state index in [2.05, 4.69) is 0 Å². The first-order valence-electron chi connectivity index (χ1n) is 4.27. The Kier molecular flexibility index (Phi) is 3.65. The van der Waals surface area contributed by atoms with Crippen LogP contribution in [0.25, 0.3) is 6.08 Å². The van der Waals surface area contributed by atoms with Crippen LogP contribution in [-0.2, 0) is 0 Å². The average Bonchev–Trinajstić information content (AvgIpc) is 2.11. The van der Waals surface area contributed by atoms with Gasteiger partial charge in [-0.2, -0.15) is 0 Å². The summed E-state index contributed by atoms with van der Waals surface area (Å²) in [6.07, 6.45) is 4.27. The van der Waals surface area contributed by atoms with Crippen molar-refractivity contribution in [3.05, 3.63) is 41.2 Å².